The molecule has 0 spiro atoms. The van der Waals surface area contributed by atoms with E-state index in [2.05, 4.69) is 61.5 Å². The van der Waals surface area contributed by atoms with Gasteiger partial charge in [0.2, 0.25) is 0 Å². The van der Waals surface area contributed by atoms with Crippen molar-refractivity contribution < 1.29 is 0 Å². The highest BCUT2D eigenvalue weighted by molar-refractivity contribution is 5.25. The lowest BCUT2D eigenvalue weighted by Gasteiger charge is -2.19. The number of hydrogen-bond donors (Lipinski definition) is 1. The minimum Gasteiger partial charge on any atom is -0.306 e. The molecule has 2 aromatic rings. The molecule has 1 aromatic carbocycles. The third-order valence-electron chi connectivity index (χ3n) is 3.96. The van der Waals surface area contributed by atoms with E-state index in [0.29, 0.717) is 6.04 Å². The summed E-state index contributed by atoms with van der Waals surface area (Å²) in [5, 5.41) is 8.18. The summed E-state index contributed by atoms with van der Waals surface area (Å²) in [5.74, 6) is 0. The van der Waals surface area contributed by atoms with E-state index in [1.807, 2.05) is 11.7 Å². The van der Waals surface area contributed by atoms with Gasteiger partial charge in [-0.25, -0.2) is 0 Å². The quantitative estimate of drug-likeness (QED) is 0.868. The van der Waals surface area contributed by atoms with Crippen molar-refractivity contribution in [1.82, 2.24) is 15.1 Å². The van der Waals surface area contributed by atoms with Gasteiger partial charge in [0.05, 0.1) is 5.69 Å². The van der Waals surface area contributed by atoms with Gasteiger partial charge in [-0.3, -0.25) is 4.68 Å². The minimum absolute atomic E-state index is 0.417. The van der Waals surface area contributed by atoms with Crippen LogP contribution in [0.1, 0.15) is 48.3 Å². The van der Waals surface area contributed by atoms with E-state index in [1.54, 1.807) is 0 Å². The Morgan fingerprint density at radius 3 is 2.45 bits per heavy atom. The van der Waals surface area contributed by atoms with Crippen LogP contribution in [0.5, 0.6) is 0 Å². The third kappa shape index (κ3) is 3.28. The normalized spacial score (nSPS) is 12.6. The Kier molecular flexibility index (Phi) is 4.96. The number of benzene rings is 1. The van der Waals surface area contributed by atoms with E-state index in [9.17, 15) is 0 Å². The highest BCUT2D eigenvalue weighted by Gasteiger charge is 2.13. The second-order valence-corrected chi connectivity index (χ2v) is 5.41. The van der Waals surface area contributed by atoms with Gasteiger partial charge in [0, 0.05) is 30.9 Å². The molecule has 2 rings (SSSR count). The Labute approximate surface area is 122 Å². The minimum atomic E-state index is 0.417. The topological polar surface area (TPSA) is 29.9 Å². The van der Waals surface area contributed by atoms with E-state index in [4.69, 9.17) is 0 Å². The predicted octanol–water partition coefficient (Wildman–Crippen LogP) is 3.67. The fraction of sp³-hybridized carbons (Fsp3) is 0.471. The van der Waals surface area contributed by atoms with E-state index >= 15 is 0 Å². The second-order valence-electron chi connectivity index (χ2n) is 5.41. The molecule has 0 radical (unpaired) electrons. The van der Waals surface area contributed by atoms with Gasteiger partial charge in [-0.05, 0) is 25.8 Å². The van der Waals surface area contributed by atoms with Gasteiger partial charge >= 0.3 is 0 Å². The largest absolute Gasteiger partial charge is 0.306 e. The van der Waals surface area contributed by atoms with Crippen LogP contribution in [0.3, 0.4) is 0 Å². The van der Waals surface area contributed by atoms with Crippen molar-refractivity contribution in [2.45, 2.75) is 46.2 Å². The van der Waals surface area contributed by atoms with Gasteiger partial charge in [0.15, 0.2) is 0 Å². The summed E-state index contributed by atoms with van der Waals surface area (Å²) in [5.41, 5.74) is 5.07. The van der Waals surface area contributed by atoms with E-state index in [0.717, 1.165) is 18.7 Å². The molecule has 0 bridgehead atoms. The average Bonchev–Trinajstić information content (AvgIpc) is 2.70. The molecule has 0 aliphatic heterocycles. The summed E-state index contributed by atoms with van der Waals surface area (Å²) in [6, 6.07) is 11.1. The fourth-order valence-corrected chi connectivity index (χ4v) is 2.66. The van der Waals surface area contributed by atoms with Crippen molar-refractivity contribution >= 4 is 0 Å². The Balaban J connectivity index is 2.10. The first-order chi connectivity index (χ1) is 9.63. The monoisotopic (exact) mass is 271 g/mol. The van der Waals surface area contributed by atoms with Crippen LogP contribution in [0.2, 0.25) is 0 Å². The molecule has 20 heavy (non-hydrogen) atoms. The lowest BCUT2D eigenvalue weighted by molar-refractivity contribution is 0.492. The molecule has 0 fully saturated rings. The highest BCUT2D eigenvalue weighted by atomic mass is 15.3. The van der Waals surface area contributed by atoms with Crippen LogP contribution < -0.4 is 5.32 Å². The number of aryl methyl sites for hydroxylation is 2. The van der Waals surface area contributed by atoms with Crippen molar-refractivity contribution in [3.63, 3.8) is 0 Å². The fourth-order valence-electron chi connectivity index (χ4n) is 2.66. The maximum absolute atomic E-state index is 4.48. The van der Waals surface area contributed by atoms with Crippen LogP contribution in [-0.4, -0.2) is 9.78 Å². The first-order valence-corrected chi connectivity index (χ1v) is 7.40. The molecule has 3 heteroatoms. The lowest BCUT2D eigenvalue weighted by atomic mass is 10.0. The summed E-state index contributed by atoms with van der Waals surface area (Å²) in [6.07, 6.45) is 2.33. The van der Waals surface area contributed by atoms with Crippen LogP contribution in [0, 0.1) is 13.8 Å². The van der Waals surface area contributed by atoms with E-state index in [1.165, 1.54) is 23.2 Å². The maximum atomic E-state index is 4.48. The molecule has 0 saturated heterocycles. The third-order valence-corrected chi connectivity index (χ3v) is 3.96. The average molecular weight is 271 g/mol. The van der Waals surface area contributed by atoms with Crippen molar-refractivity contribution in [3.8, 4) is 0 Å². The van der Waals surface area contributed by atoms with E-state index in [-0.39, 0.29) is 0 Å². The molecule has 0 amide bonds. The number of aromatic nitrogens is 2. The molecule has 1 aromatic heterocycles. The smallest absolute Gasteiger partial charge is 0.0641 e. The van der Waals surface area contributed by atoms with Crippen molar-refractivity contribution in [2.24, 2.45) is 7.05 Å². The molecular weight excluding hydrogens is 246 g/mol. The number of rotatable bonds is 6. The summed E-state index contributed by atoms with van der Waals surface area (Å²) in [7, 11) is 2.01. The summed E-state index contributed by atoms with van der Waals surface area (Å²) >= 11 is 0. The van der Waals surface area contributed by atoms with Gasteiger partial charge in [-0.2, -0.15) is 5.10 Å². The zero-order chi connectivity index (χ0) is 14.5. The number of hydrogen-bond acceptors (Lipinski definition) is 2. The molecule has 0 aliphatic rings. The first-order valence-electron chi connectivity index (χ1n) is 7.40. The van der Waals surface area contributed by atoms with Crippen LogP contribution in [-0.2, 0) is 13.6 Å². The molecule has 3 nitrogen and oxygen atoms in total. The molecule has 0 saturated carbocycles. The SMILES string of the molecule is CCCC(NCc1c(C)nn(C)c1C)c1ccccc1. The Bertz CT molecular complexity index is 543. The van der Waals surface area contributed by atoms with Gasteiger partial charge in [0.25, 0.3) is 0 Å². The van der Waals surface area contributed by atoms with E-state index < -0.39 is 0 Å². The van der Waals surface area contributed by atoms with Crippen molar-refractivity contribution in [1.29, 1.82) is 0 Å². The van der Waals surface area contributed by atoms with Gasteiger partial charge in [0.1, 0.15) is 0 Å². The Morgan fingerprint density at radius 1 is 1.20 bits per heavy atom. The van der Waals surface area contributed by atoms with Crippen LogP contribution >= 0.6 is 0 Å². The molecular formula is C17H25N3. The second kappa shape index (κ2) is 6.71. The zero-order valence-corrected chi connectivity index (χ0v) is 13.0. The van der Waals surface area contributed by atoms with Gasteiger partial charge in [-0.15, -0.1) is 0 Å². The maximum Gasteiger partial charge on any atom is 0.0641 e. The Hall–Kier alpha value is -1.61. The van der Waals surface area contributed by atoms with Crippen LogP contribution in [0.4, 0.5) is 0 Å². The zero-order valence-electron chi connectivity index (χ0n) is 13.0. The van der Waals surface area contributed by atoms with Gasteiger partial charge < -0.3 is 5.32 Å². The predicted molar refractivity (Wildman–Crippen MR) is 83.6 cm³/mol. The Morgan fingerprint density at radius 2 is 1.90 bits per heavy atom. The van der Waals surface area contributed by atoms with Gasteiger partial charge in [-0.1, -0.05) is 43.7 Å². The summed E-state index contributed by atoms with van der Waals surface area (Å²) < 4.78 is 1.96. The van der Waals surface area contributed by atoms with Crippen LogP contribution in [0.25, 0.3) is 0 Å². The lowest BCUT2D eigenvalue weighted by Crippen LogP contribution is -2.21. The summed E-state index contributed by atoms with van der Waals surface area (Å²) in [4.78, 5) is 0. The number of nitrogens with one attached hydrogen (secondary N) is 1. The molecule has 108 valence electrons. The highest BCUT2D eigenvalue weighted by Crippen LogP contribution is 2.20. The molecule has 1 unspecified atom stereocenters. The first kappa shape index (κ1) is 14.8. The van der Waals surface area contributed by atoms with Crippen molar-refractivity contribution in [2.75, 3.05) is 0 Å². The molecule has 1 heterocycles. The standard InChI is InChI=1S/C17H25N3/c1-5-9-17(15-10-7-6-8-11-15)18-12-16-13(2)19-20(4)14(16)3/h6-8,10-11,17-18H,5,9,12H2,1-4H3. The molecule has 0 aliphatic carbocycles. The van der Waals surface area contributed by atoms with Crippen molar-refractivity contribution in [3.05, 3.63) is 52.8 Å². The molecule has 1 N–H and O–H groups in total. The summed E-state index contributed by atoms with van der Waals surface area (Å²) in [6.45, 7) is 7.33. The molecule has 1 atom stereocenters. The number of nitrogens with zero attached hydrogens (tertiary/aromatic N) is 2. The van der Waals surface area contributed by atoms with Crippen LogP contribution in [0.15, 0.2) is 30.3 Å².